The molecule has 0 saturated carbocycles. The van der Waals surface area contributed by atoms with Crippen molar-refractivity contribution in [1.29, 1.82) is 0 Å². The Bertz CT molecular complexity index is 850. The summed E-state index contributed by atoms with van der Waals surface area (Å²) >= 11 is 0. The maximum Gasteiger partial charge on any atom is 0.265 e. The molecule has 3 rings (SSSR count). The largest absolute Gasteiger partial charge is 0.479 e. The lowest BCUT2D eigenvalue weighted by Gasteiger charge is -2.23. The summed E-state index contributed by atoms with van der Waals surface area (Å²) in [5.74, 6) is 0.166. The SMILES string of the molecule is CC1Oc2ccc(S(=O)(=O)NCCc3ccccc3)cc2NC1=O. The van der Waals surface area contributed by atoms with Gasteiger partial charge in [0.1, 0.15) is 5.75 Å². The van der Waals surface area contributed by atoms with Gasteiger partial charge in [-0.05, 0) is 37.1 Å². The minimum atomic E-state index is -3.65. The van der Waals surface area contributed by atoms with E-state index >= 15 is 0 Å². The van der Waals surface area contributed by atoms with E-state index in [1.54, 1.807) is 13.0 Å². The monoisotopic (exact) mass is 346 g/mol. The van der Waals surface area contributed by atoms with Crippen LogP contribution in [-0.4, -0.2) is 27.0 Å². The number of sulfonamides is 1. The molecule has 2 aromatic rings. The van der Waals surface area contributed by atoms with Crippen molar-refractivity contribution in [2.24, 2.45) is 0 Å². The molecule has 0 spiro atoms. The van der Waals surface area contributed by atoms with Crippen molar-refractivity contribution < 1.29 is 17.9 Å². The van der Waals surface area contributed by atoms with Gasteiger partial charge in [0.25, 0.3) is 5.91 Å². The smallest absolute Gasteiger partial charge is 0.265 e. The first-order valence-corrected chi connectivity index (χ1v) is 9.09. The Hall–Kier alpha value is -2.38. The van der Waals surface area contributed by atoms with E-state index in [0.29, 0.717) is 24.4 Å². The van der Waals surface area contributed by atoms with Crippen molar-refractivity contribution in [2.75, 3.05) is 11.9 Å². The third-order valence-electron chi connectivity index (χ3n) is 3.74. The quantitative estimate of drug-likeness (QED) is 0.866. The van der Waals surface area contributed by atoms with Crippen LogP contribution in [0.4, 0.5) is 5.69 Å². The third-order valence-corrected chi connectivity index (χ3v) is 5.20. The van der Waals surface area contributed by atoms with E-state index in [0.717, 1.165) is 5.56 Å². The lowest BCUT2D eigenvalue weighted by molar-refractivity contribution is -0.122. The molecule has 0 saturated heterocycles. The summed E-state index contributed by atoms with van der Waals surface area (Å²) in [6.07, 6.45) is 0.00602. The van der Waals surface area contributed by atoms with Crippen LogP contribution in [0, 0.1) is 0 Å². The molecule has 0 aromatic heterocycles. The van der Waals surface area contributed by atoms with Gasteiger partial charge in [-0.1, -0.05) is 30.3 Å². The molecular formula is C17H18N2O4S. The fourth-order valence-electron chi connectivity index (χ4n) is 2.41. The molecule has 1 heterocycles. The van der Waals surface area contributed by atoms with Crippen molar-refractivity contribution in [3.05, 3.63) is 54.1 Å². The zero-order valence-electron chi connectivity index (χ0n) is 13.2. The second kappa shape index (κ2) is 6.62. The molecule has 0 fully saturated rings. The van der Waals surface area contributed by atoms with Crippen LogP contribution in [0.25, 0.3) is 0 Å². The summed E-state index contributed by atoms with van der Waals surface area (Å²) in [7, 11) is -3.65. The number of fused-ring (bicyclic) bond motifs is 1. The number of carbonyl (C=O) groups is 1. The molecule has 1 aliphatic heterocycles. The average molecular weight is 346 g/mol. The van der Waals surface area contributed by atoms with Gasteiger partial charge in [-0.15, -0.1) is 0 Å². The standard InChI is InChI=1S/C17H18N2O4S/c1-12-17(20)19-15-11-14(7-8-16(15)23-12)24(21,22)18-10-9-13-5-3-2-4-6-13/h2-8,11-12,18H,9-10H2,1H3,(H,19,20). The van der Waals surface area contributed by atoms with E-state index in [4.69, 9.17) is 4.74 Å². The second-order valence-electron chi connectivity index (χ2n) is 5.54. The van der Waals surface area contributed by atoms with Gasteiger partial charge in [0.15, 0.2) is 6.10 Å². The van der Waals surface area contributed by atoms with Crippen molar-refractivity contribution in [1.82, 2.24) is 4.72 Å². The van der Waals surface area contributed by atoms with Crippen LogP contribution in [0.2, 0.25) is 0 Å². The topological polar surface area (TPSA) is 84.5 Å². The number of hydrogen-bond donors (Lipinski definition) is 2. The highest BCUT2D eigenvalue weighted by atomic mass is 32.2. The second-order valence-corrected chi connectivity index (χ2v) is 7.31. The number of amides is 1. The summed E-state index contributed by atoms with van der Waals surface area (Å²) in [6.45, 7) is 1.93. The summed E-state index contributed by atoms with van der Waals surface area (Å²) in [5.41, 5.74) is 1.42. The predicted molar refractivity (Wildman–Crippen MR) is 90.5 cm³/mol. The number of nitrogens with one attached hydrogen (secondary N) is 2. The van der Waals surface area contributed by atoms with E-state index < -0.39 is 16.1 Å². The fourth-order valence-corrected chi connectivity index (χ4v) is 3.47. The first-order chi connectivity index (χ1) is 11.5. The maximum absolute atomic E-state index is 12.4. The number of hydrogen-bond acceptors (Lipinski definition) is 4. The van der Waals surface area contributed by atoms with Gasteiger partial charge < -0.3 is 10.1 Å². The van der Waals surface area contributed by atoms with Gasteiger partial charge in [0, 0.05) is 6.54 Å². The van der Waals surface area contributed by atoms with Crippen molar-refractivity contribution >= 4 is 21.6 Å². The van der Waals surface area contributed by atoms with E-state index in [1.165, 1.54) is 12.1 Å². The van der Waals surface area contributed by atoms with E-state index in [1.807, 2.05) is 30.3 Å². The minimum absolute atomic E-state index is 0.0905. The minimum Gasteiger partial charge on any atom is -0.479 e. The molecule has 2 aromatic carbocycles. The van der Waals surface area contributed by atoms with Crippen molar-refractivity contribution in [3.8, 4) is 5.75 Å². The Morgan fingerprint density at radius 3 is 2.67 bits per heavy atom. The van der Waals surface area contributed by atoms with Crippen LogP contribution < -0.4 is 14.8 Å². The summed E-state index contributed by atoms with van der Waals surface area (Å²) in [6, 6.07) is 14.1. The highest BCUT2D eigenvalue weighted by Gasteiger charge is 2.25. The zero-order chi connectivity index (χ0) is 17.2. The Morgan fingerprint density at radius 1 is 1.17 bits per heavy atom. The Balaban J connectivity index is 1.71. The van der Waals surface area contributed by atoms with Crippen molar-refractivity contribution in [2.45, 2.75) is 24.3 Å². The van der Waals surface area contributed by atoms with Crippen LogP contribution >= 0.6 is 0 Å². The van der Waals surface area contributed by atoms with Crippen molar-refractivity contribution in [3.63, 3.8) is 0 Å². The molecule has 0 radical (unpaired) electrons. The van der Waals surface area contributed by atoms with Gasteiger partial charge in [-0.2, -0.15) is 0 Å². The van der Waals surface area contributed by atoms with Crippen LogP contribution in [0.3, 0.4) is 0 Å². The predicted octanol–water partition coefficient (Wildman–Crippen LogP) is 1.93. The number of benzene rings is 2. The van der Waals surface area contributed by atoms with Gasteiger partial charge in [-0.3, -0.25) is 4.79 Å². The molecule has 2 N–H and O–H groups in total. The number of carbonyl (C=O) groups excluding carboxylic acids is 1. The average Bonchev–Trinajstić information content (AvgIpc) is 2.56. The Kier molecular flexibility index (Phi) is 4.55. The van der Waals surface area contributed by atoms with Gasteiger partial charge in [-0.25, -0.2) is 13.1 Å². The lowest BCUT2D eigenvalue weighted by atomic mass is 10.2. The molecule has 0 aliphatic carbocycles. The van der Waals surface area contributed by atoms with E-state index in [-0.39, 0.29) is 10.8 Å². The summed E-state index contributed by atoms with van der Waals surface area (Å²) in [4.78, 5) is 11.7. The van der Waals surface area contributed by atoms with Crippen LogP contribution in [0.5, 0.6) is 5.75 Å². The van der Waals surface area contributed by atoms with Gasteiger partial charge in [0.05, 0.1) is 10.6 Å². The number of anilines is 1. The molecule has 1 aliphatic rings. The molecule has 1 unspecified atom stereocenters. The molecule has 24 heavy (non-hydrogen) atoms. The molecule has 7 heteroatoms. The molecule has 6 nitrogen and oxygen atoms in total. The number of ether oxygens (including phenoxy) is 1. The lowest BCUT2D eigenvalue weighted by Crippen LogP contribution is -2.34. The fraction of sp³-hybridized carbons (Fsp3) is 0.235. The first-order valence-electron chi connectivity index (χ1n) is 7.61. The Labute approximate surface area is 140 Å². The highest BCUT2D eigenvalue weighted by molar-refractivity contribution is 7.89. The summed E-state index contributed by atoms with van der Waals surface area (Å²) in [5, 5.41) is 2.65. The van der Waals surface area contributed by atoms with E-state index in [9.17, 15) is 13.2 Å². The molecule has 1 atom stereocenters. The van der Waals surface area contributed by atoms with E-state index in [2.05, 4.69) is 10.0 Å². The molecule has 126 valence electrons. The molecule has 0 bridgehead atoms. The number of rotatable bonds is 5. The Morgan fingerprint density at radius 2 is 1.92 bits per heavy atom. The van der Waals surface area contributed by atoms with Crippen LogP contribution in [0.1, 0.15) is 12.5 Å². The van der Waals surface area contributed by atoms with Gasteiger partial charge in [0.2, 0.25) is 10.0 Å². The van der Waals surface area contributed by atoms with Gasteiger partial charge >= 0.3 is 0 Å². The summed E-state index contributed by atoms with van der Waals surface area (Å²) < 4.78 is 32.8. The maximum atomic E-state index is 12.4. The first kappa shape index (κ1) is 16.5. The zero-order valence-corrected chi connectivity index (χ0v) is 14.0. The van der Waals surface area contributed by atoms with Crippen LogP contribution in [0.15, 0.2) is 53.4 Å². The highest BCUT2D eigenvalue weighted by Crippen LogP contribution is 2.31. The molecule has 1 amide bonds. The van der Waals surface area contributed by atoms with Crippen LogP contribution in [-0.2, 0) is 21.2 Å². The molecular weight excluding hydrogens is 328 g/mol. The normalized spacial score (nSPS) is 16.9. The third kappa shape index (κ3) is 3.58.